The molecule has 1 N–H and O–H groups in total. The summed E-state index contributed by atoms with van der Waals surface area (Å²) in [6.45, 7) is 5.29. The Morgan fingerprint density at radius 2 is 1.72 bits per heavy atom. The van der Waals surface area contributed by atoms with Crippen LogP contribution in [0.15, 0.2) is 30.9 Å². The lowest BCUT2D eigenvalue weighted by Crippen LogP contribution is -2.35. The molecule has 25 heavy (non-hydrogen) atoms. The molecule has 0 heterocycles. The molecule has 1 amide bonds. The molecule has 1 atom stereocenters. The molecule has 0 aliphatic carbocycles. The van der Waals surface area contributed by atoms with Crippen molar-refractivity contribution in [2.24, 2.45) is 0 Å². The van der Waals surface area contributed by atoms with Crippen molar-refractivity contribution in [2.75, 3.05) is 27.9 Å². The number of hydrogen-bond acceptors (Lipinski definition) is 6. The summed E-state index contributed by atoms with van der Waals surface area (Å²) < 4.78 is 20.7. The first-order valence-electron chi connectivity index (χ1n) is 7.54. The van der Waals surface area contributed by atoms with E-state index in [2.05, 4.69) is 11.9 Å². The fourth-order valence-corrected chi connectivity index (χ4v) is 1.92. The van der Waals surface area contributed by atoms with E-state index in [1.54, 1.807) is 12.1 Å². The molecule has 0 saturated carbocycles. The molecule has 0 aromatic heterocycles. The topological polar surface area (TPSA) is 83.1 Å². The lowest BCUT2D eigenvalue weighted by atomic mass is 10.1. The Morgan fingerprint density at radius 3 is 2.28 bits per heavy atom. The molecular formula is C18H23NO6. The standard InChI is InChI=1S/C18H23NO6/c1-6-9-19-18(21)12(2)25-17(20)8-7-13-10-15(23-4)16(24-5)11-14(13)22-3/h6-8,10-12H,1,9H2,2-5H3,(H,19,21)/b8-7+/t12-/m1/s1. The minimum absolute atomic E-state index is 0.305. The van der Waals surface area contributed by atoms with Crippen LogP contribution in [0.1, 0.15) is 12.5 Å². The van der Waals surface area contributed by atoms with Gasteiger partial charge in [0, 0.05) is 24.3 Å². The average Bonchev–Trinajstić information content (AvgIpc) is 2.63. The highest BCUT2D eigenvalue weighted by Gasteiger charge is 2.16. The van der Waals surface area contributed by atoms with Crippen LogP contribution in [-0.4, -0.2) is 45.9 Å². The second-order valence-corrected chi connectivity index (χ2v) is 4.90. The van der Waals surface area contributed by atoms with Gasteiger partial charge in [-0.1, -0.05) is 6.08 Å². The largest absolute Gasteiger partial charge is 0.496 e. The van der Waals surface area contributed by atoms with Crippen LogP contribution >= 0.6 is 0 Å². The SMILES string of the molecule is C=CCNC(=O)[C@@H](C)OC(=O)/C=C/c1cc(OC)c(OC)cc1OC. The van der Waals surface area contributed by atoms with Crippen LogP contribution in [0, 0.1) is 0 Å². The number of amides is 1. The fraction of sp³-hybridized carbons (Fsp3) is 0.333. The molecule has 0 radical (unpaired) electrons. The minimum Gasteiger partial charge on any atom is -0.496 e. The Bertz CT molecular complexity index is 653. The average molecular weight is 349 g/mol. The molecule has 1 aromatic carbocycles. The van der Waals surface area contributed by atoms with Crippen molar-refractivity contribution in [2.45, 2.75) is 13.0 Å². The number of carbonyl (C=O) groups is 2. The second kappa shape index (κ2) is 10.0. The van der Waals surface area contributed by atoms with Crippen molar-refractivity contribution >= 4 is 18.0 Å². The van der Waals surface area contributed by atoms with Crippen molar-refractivity contribution in [3.63, 3.8) is 0 Å². The molecule has 0 aliphatic heterocycles. The highest BCUT2D eigenvalue weighted by atomic mass is 16.5. The zero-order valence-corrected chi connectivity index (χ0v) is 14.8. The number of nitrogens with one attached hydrogen (secondary N) is 1. The van der Waals surface area contributed by atoms with E-state index < -0.39 is 18.0 Å². The van der Waals surface area contributed by atoms with Gasteiger partial charge in [-0.3, -0.25) is 4.79 Å². The molecule has 1 rings (SSSR count). The van der Waals surface area contributed by atoms with Gasteiger partial charge in [0.05, 0.1) is 21.3 Å². The maximum absolute atomic E-state index is 11.9. The summed E-state index contributed by atoms with van der Waals surface area (Å²) >= 11 is 0. The molecule has 0 spiro atoms. The molecule has 1 aromatic rings. The van der Waals surface area contributed by atoms with Gasteiger partial charge in [0.1, 0.15) is 5.75 Å². The quantitative estimate of drug-likeness (QED) is 0.417. The lowest BCUT2D eigenvalue weighted by molar-refractivity contribution is -0.150. The van der Waals surface area contributed by atoms with Crippen LogP contribution in [0.3, 0.4) is 0 Å². The summed E-state index contributed by atoms with van der Waals surface area (Å²) in [6, 6.07) is 3.32. The van der Waals surface area contributed by atoms with E-state index in [4.69, 9.17) is 18.9 Å². The normalized spacial score (nSPS) is 11.5. The van der Waals surface area contributed by atoms with Crippen molar-refractivity contribution in [1.29, 1.82) is 0 Å². The molecule has 0 bridgehead atoms. The Balaban J connectivity index is 2.84. The van der Waals surface area contributed by atoms with Crippen molar-refractivity contribution in [3.8, 4) is 17.2 Å². The summed E-state index contributed by atoms with van der Waals surface area (Å²) in [5.74, 6) is 0.446. The van der Waals surface area contributed by atoms with E-state index in [1.807, 2.05) is 0 Å². The minimum atomic E-state index is -0.913. The lowest BCUT2D eigenvalue weighted by Gasteiger charge is -2.12. The van der Waals surface area contributed by atoms with Crippen LogP contribution in [0.25, 0.3) is 6.08 Å². The molecule has 0 aliphatic rings. The maximum Gasteiger partial charge on any atom is 0.331 e. The highest BCUT2D eigenvalue weighted by molar-refractivity contribution is 5.90. The molecular weight excluding hydrogens is 326 g/mol. The summed E-state index contributed by atoms with van der Waals surface area (Å²) in [4.78, 5) is 23.5. The van der Waals surface area contributed by atoms with E-state index in [-0.39, 0.29) is 0 Å². The number of esters is 1. The van der Waals surface area contributed by atoms with Crippen molar-refractivity contribution in [3.05, 3.63) is 36.4 Å². The van der Waals surface area contributed by atoms with Crippen LogP contribution in [0.2, 0.25) is 0 Å². The third kappa shape index (κ3) is 5.87. The number of methoxy groups -OCH3 is 3. The first-order chi connectivity index (χ1) is 12.0. The first kappa shape index (κ1) is 20.1. The zero-order valence-electron chi connectivity index (χ0n) is 14.8. The fourth-order valence-electron chi connectivity index (χ4n) is 1.92. The molecule has 0 fully saturated rings. The smallest absolute Gasteiger partial charge is 0.331 e. The number of benzene rings is 1. The maximum atomic E-state index is 11.9. The second-order valence-electron chi connectivity index (χ2n) is 4.90. The first-order valence-corrected chi connectivity index (χ1v) is 7.54. The third-order valence-electron chi connectivity index (χ3n) is 3.22. The van der Waals surface area contributed by atoms with Gasteiger partial charge in [0.2, 0.25) is 0 Å². The summed E-state index contributed by atoms with van der Waals surface area (Å²) in [5.41, 5.74) is 0.598. The van der Waals surface area contributed by atoms with Gasteiger partial charge >= 0.3 is 5.97 Å². The van der Waals surface area contributed by atoms with Crippen molar-refractivity contribution < 1.29 is 28.5 Å². The monoisotopic (exact) mass is 349 g/mol. The van der Waals surface area contributed by atoms with E-state index in [0.717, 1.165) is 0 Å². The van der Waals surface area contributed by atoms with Crippen LogP contribution < -0.4 is 19.5 Å². The van der Waals surface area contributed by atoms with Gasteiger partial charge < -0.3 is 24.3 Å². The van der Waals surface area contributed by atoms with E-state index in [0.29, 0.717) is 29.4 Å². The van der Waals surface area contributed by atoms with Gasteiger partial charge in [0.25, 0.3) is 5.91 Å². The van der Waals surface area contributed by atoms with Crippen LogP contribution in [0.5, 0.6) is 17.2 Å². The number of ether oxygens (including phenoxy) is 4. The van der Waals surface area contributed by atoms with Gasteiger partial charge in [-0.2, -0.15) is 0 Å². The Hall–Kier alpha value is -2.96. The molecule has 7 heteroatoms. The number of rotatable bonds is 9. The van der Waals surface area contributed by atoms with Gasteiger partial charge in [0.15, 0.2) is 17.6 Å². The Labute approximate surface area is 147 Å². The number of hydrogen-bond donors (Lipinski definition) is 1. The molecule has 7 nitrogen and oxygen atoms in total. The van der Waals surface area contributed by atoms with E-state index in [1.165, 1.54) is 46.5 Å². The van der Waals surface area contributed by atoms with E-state index in [9.17, 15) is 9.59 Å². The van der Waals surface area contributed by atoms with Crippen molar-refractivity contribution in [1.82, 2.24) is 5.32 Å². The molecule has 136 valence electrons. The summed E-state index contributed by atoms with van der Waals surface area (Å²) in [7, 11) is 4.53. The molecule has 0 unspecified atom stereocenters. The third-order valence-corrected chi connectivity index (χ3v) is 3.22. The number of carbonyl (C=O) groups excluding carboxylic acids is 2. The van der Waals surface area contributed by atoms with Gasteiger partial charge in [-0.25, -0.2) is 4.79 Å². The Kier molecular flexibility index (Phi) is 8.05. The van der Waals surface area contributed by atoms with Crippen LogP contribution in [-0.2, 0) is 14.3 Å². The summed E-state index contributed by atoms with van der Waals surface area (Å²) in [6.07, 6.45) is 3.35. The highest BCUT2D eigenvalue weighted by Crippen LogP contribution is 2.35. The van der Waals surface area contributed by atoms with E-state index >= 15 is 0 Å². The van der Waals surface area contributed by atoms with Crippen LogP contribution in [0.4, 0.5) is 0 Å². The summed E-state index contributed by atoms with van der Waals surface area (Å²) in [5, 5.41) is 2.55. The predicted octanol–water partition coefficient (Wildman–Crippen LogP) is 1.96. The predicted molar refractivity (Wildman–Crippen MR) is 93.9 cm³/mol. The van der Waals surface area contributed by atoms with Gasteiger partial charge in [-0.15, -0.1) is 6.58 Å². The molecule has 0 saturated heterocycles. The Morgan fingerprint density at radius 1 is 1.12 bits per heavy atom. The van der Waals surface area contributed by atoms with Gasteiger partial charge in [-0.05, 0) is 19.1 Å². The zero-order chi connectivity index (χ0) is 18.8.